The SMILES string of the molecule is C[C@@H](C(=O)NC1CCCC1)[NH+]1CC=C(c2ccccc2)CC1. The summed E-state index contributed by atoms with van der Waals surface area (Å²) in [5.41, 5.74) is 2.75. The molecule has 1 unspecified atom stereocenters. The van der Waals surface area contributed by atoms with E-state index in [9.17, 15) is 4.79 Å². The molecular weight excluding hydrogens is 272 g/mol. The molecule has 1 aliphatic carbocycles. The molecule has 2 N–H and O–H groups in total. The number of hydrogen-bond donors (Lipinski definition) is 2. The first kappa shape index (κ1) is 15.3. The van der Waals surface area contributed by atoms with Gasteiger partial charge in [-0.05, 0) is 37.0 Å². The van der Waals surface area contributed by atoms with Crippen LogP contribution in [0.15, 0.2) is 36.4 Å². The fraction of sp³-hybridized carbons (Fsp3) is 0.526. The van der Waals surface area contributed by atoms with E-state index < -0.39 is 0 Å². The Kier molecular flexibility index (Phi) is 4.94. The smallest absolute Gasteiger partial charge is 0.278 e. The van der Waals surface area contributed by atoms with Gasteiger partial charge in [0.2, 0.25) is 0 Å². The van der Waals surface area contributed by atoms with E-state index in [1.54, 1.807) is 0 Å². The van der Waals surface area contributed by atoms with Crippen molar-refractivity contribution >= 4 is 11.5 Å². The van der Waals surface area contributed by atoms with Crippen molar-refractivity contribution < 1.29 is 9.69 Å². The number of amides is 1. The number of rotatable bonds is 4. The van der Waals surface area contributed by atoms with Gasteiger partial charge in [-0.3, -0.25) is 4.79 Å². The Morgan fingerprint density at radius 3 is 2.59 bits per heavy atom. The van der Waals surface area contributed by atoms with Crippen molar-refractivity contribution in [3.8, 4) is 0 Å². The van der Waals surface area contributed by atoms with E-state index in [4.69, 9.17) is 0 Å². The van der Waals surface area contributed by atoms with Gasteiger partial charge >= 0.3 is 0 Å². The summed E-state index contributed by atoms with van der Waals surface area (Å²) in [6, 6.07) is 11.1. The summed E-state index contributed by atoms with van der Waals surface area (Å²) in [6.45, 7) is 4.06. The van der Waals surface area contributed by atoms with Gasteiger partial charge in [-0.25, -0.2) is 0 Å². The zero-order valence-corrected chi connectivity index (χ0v) is 13.5. The molecule has 3 nitrogen and oxygen atoms in total. The van der Waals surface area contributed by atoms with Crippen molar-refractivity contribution in [1.29, 1.82) is 0 Å². The summed E-state index contributed by atoms with van der Waals surface area (Å²) in [5.74, 6) is 0.235. The molecule has 1 aromatic rings. The topological polar surface area (TPSA) is 33.5 Å². The fourth-order valence-corrected chi connectivity index (χ4v) is 3.64. The highest BCUT2D eigenvalue weighted by Gasteiger charge is 2.29. The molecular formula is C19H27N2O+. The Morgan fingerprint density at radius 2 is 1.95 bits per heavy atom. The lowest BCUT2D eigenvalue weighted by atomic mass is 9.99. The van der Waals surface area contributed by atoms with E-state index in [2.05, 4.69) is 48.6 Å². The number of quaternary nitrogens is 1. The molecule has 22 heavy (non-hydrogen) atoms. The maximum atomic E-state index is 12.4. The molecule has 2 atom stereocenters. The molecule has 1 aliphatic heterocycles. The molecule has 0 saturated heterocycles. The molecule has 0 aromatic heterocycles. The fourth-order valence-electron chi connectivity index (χ4n) is 3.64. The van der Waals surface area contributed by atoms with Crippen LogP contribution in [0.25, 0.3) is 5.57 Å². The lowest BCUT2D eigenvalue weighted by molar-refractivity contribution is -0.909. The zero-order chi connectivity index (χ0) is 15.4. The van der Waals surface area contributed by atoms with E-state index in [-0.39, 0.29) is 11.9 Å². The zero-order valence-electron chi connectivity index (χ0n) is 13.5. The summed E-state index contributed by atoms with van der Waals surface area (Å²) in [5, 5.41) is 3.24. The van der Waals surface area contributed by atoms with Gasteiger partial charge in [0.05, 0.1) is 13.1 Å². The average Bonchev–Trinajstić information content (AvgIpc) is 3.08. The minimum Gasteiger partial charge on any atom is -0.348 e. The molecule has 3 heteroatoms. The van der Waals surface area contributed by atoms with Crippen molar-refractivity contribution in [3.63, 3.8) is 0 Å². The second kappa shape index (κ2) is 7.10. The number of nitrogens with one attached hydrogen (secondary N) is 2. The number of hydrogen-bond acceptors (Lipinski definition) is 1. The van der Waals surface area contributed by atoms with Gasteiger partial charge in [-0.15, -0.1) is 0 Å². The highest BCUT2D eigenvalue weighted by atomic mass is 16.2. The van der Waals surface area contributed by atoms with Crippen LogP contribution < -0.4 is 10.2 Å². The average molecular weight is 299 g/mol. The van der Waals surface area contributed by atoms with Crippen LogP contribution in [0, 0.1) is 0 Å². The van der Waals surface area contributed by atoms with Gasteiger partial charge < -0.3 is 10.2 Å². The third-order valence-corrected chi connectivity index (χ3v) is 5.18. The van der Waals surface area contributed by atoms with Crippen LogP contribution in [-0.2, 0) is 4.79 Å². The Bertz CT molecular complexity index is 532. The molecule has 118 valence electrons. The first-order chi connectivity index (χ1) is 10.7. The van der Waals surface area contributed by atoms with Crippen molar-refractivity contribution in [3.05, 3.63) is 42.0 Å². The third kappa shape index (κ3) is 3.58. The maximum absolute atomic E-state index is 12.4. The molecule has 1 heterocycles. The van der Waals surface area contributed by atoms with Gasteiger partial charge in [-0.2, -0.15) is 0 Å². The summed E-state index contributed by atoms with van der Waals surface area (Å²) >= 11 is 0. The van der Waals surface area contributed by atoms with Gasteiger partial charge in [-0.1, -0.05) is 43.2 Å². The molecule has 2 aliphatic rings. The predicted molar refractivity (Wildman–Crippen MR) is 89.6 cm³/mol. The van der Waals surface area contributed by atoms with Crippen LogP contribution in [-0.4, -0.2) is 31.1 Å². The van der Waals surface area contributed by atoms with Crippen LogP contribution >= 0.6 is 0 Å². The predicted octanol–water partition coefficient (Wildman–Crippen LogP) is 1.81. The Balaban J connectivity index is 1.55. The molecule has 1 fully saturated rings. The molecule has 0 spiro atoms. The summed E-state index contributed by atoms with van der Waals surface area (Å²) in [6.07, 6.45) is 8.21. The van der Waals surface area contributed by atoms with Gasteiger partial charge in [0.25, 0.3) is 5.91 Å². The number of benzene rings is 1. The van der Waals surface area contributed by atoms with E-state index in [0.29, 0.717) is 6.04 Å². The monoisotopic (exact) mass is 299 g/mol. The minimum absolute atomic E-state index is 0.0502. The molecule has 1 aromatic carbocycles. The maximum Gasteiger partial charge on any atom is 0.278 e. The quantitative estimate of drug-likeness (QED) is 0.873. The van der Waals surface area contributed by atoms with Crippen LogP contribution in [0.4, 0.5) is 0 Å². The number of carbonyl (C=O) groups is 1. The summed E-state index contributed by atoms with van der Waals surface area (Å²) in [7, 11) is 0. The first-order valence-electron chi connectivity index (χ1n) is 8.63. The van der Waals surface area contributed by atoms with Gasteiger partial charge in [0.1, 0.15) is 0 Å². The molecule has 0 bridgehead atoms. The molecule has 1 saturated carbocycles. The molecule has 1 amide bonds. The highest BCUT2D eigenvalue weighted by molar-refractivity contribution is 5.80. The largest absolute Gasteiger partial charge is 0.348 e. The second-order valence-electron chi connectivity index (χ2n) is 6.67. The van der Waals surface area contributed by atoms with E-state index in [1.807, 2.05) is 0 Å². The number of carbonyl (C=O) groups excluding carboxylic acids is 1. The highest BCUT2D eigenvalue weighted by Crippen LogP contribution is 2.19. The van der Waals surface area contributed by atoms with Crippen LogP contribution in [0.3, 0.4) is 0 Å². The third-order valence-electron chi connectivity index (χ3n) is 5.18. The van der Waals surface area contributed by atoms with Gasteiger partial charge in [0.15, 0.2) is 6.04 Å². The van der Waals surface area contributed by atoms with Crippen molar-refractivity contribution in [2.24, 2.45) is 0 Å². The summed E-state index contributed by atoms with van der Waals surface area (Å²) in [4.78, 5) is 13.8. The van der Waals surface area contributed by atoms with Crippen LogP contribution in [0.1, 0.15) is 44.6 Å². The standard InChI is InChI=1S/C19H26N2O/c1-15(19(22)20-18-9-5-6-10-18)21-13-11-17(12-14-21)16-7-3-2-4-8-16/h2-4,7-8,11,15,18H,5-6,9-10,12-14H2,1H3,(H,20,22)/p+1/t15-/m0/s1. The van der Waals surface area contributed by atoms with E-state index in [0.717, 1.165) is 32.4 Å². The summed E-state index contributed by atoms with van der Waals surface area (Å²) < 4.78 is 0. The van der Waals surface area contributed by atoms with E-state index in [1.165, 1.54) is 28.9 Å². The Labute approximate surface area is 133 Å². The van der Waals surface area contributed by atoms with Crippen LogP contribution in [0.5, 0.6) is 0 Å². The first-order valence-corrected chi connectivity index (χ1v) is 8.63. The van der Waals surface area contributed by atoms with E-state index >= 15 is 0 Å². The lowest BCUT2D eigenvalue weighted by Gasteiger charge is -2.29. The normalized spacial score (nSPS) is 23.9. The molecule has 3 rings (SSSR count). The second-order valence-corrected chi connectivity index (χ2v) is 6.67. The lowest BCUT2D eigenvalue weighted by Crippen LogP contribution is -3.17. The Hall–Kier alpha value is -1.61. The van der Waals surface area contributed by atoms with Gasteiger partial charge in [0, 0.05) is 12.5 Å². The minimum atomic E-state index is 0.0502. The van der Waals surface area contributed by atoms with Crippen LogP contribution in [0.2, 0.25) is 0 Å². The Morgan fingerprint density at radius 1 is 1.23 bits per heavy atom. The molecule has 0 radical (unpaired) electrons. The van der Waals surface area contributed by atoms with Crippen molar-refractivity contribution in [2.75, 3.05) is 13.1 Å². The van der Waals surface area contributed by atoms with Crippen molar-refractivity contribution in [1.82, 2.24) is 5.32 Å². The van der Waals surface area contributed by atoms with Crippen molar-refractivity contribution in [2.45, 2.75) is 51.1 Å².